The van der Waals surface area contributed by atoms with Crippen molar-refractivity contribution in [1.29, 1.82) is 5.26 Å². The molecule has 5 rings (SSSR count). The maximum absolute atomic E-state index is 12.4. The van der Waals surface area contributed by atoms with Crippen LogP contribution in [0.2, 0.25) is 0 Å². The summed E-state index contributed by atoms with van der Waals surface area (Å²) in [5.74, 6) is 0.184. The summed E-state index contributed by atoms with van der Waals surface area (Å²) in [6, 6.07) is 1.36. The summed E-state index contributed by atoms with van der Waals surface area (Å²) in [7, 11) is 0. The molecule has 0 aromatic rings. The van der Waals surface area contributed by atoms with Gasteiger partial charge in [-0.05, 0) is 63.2 Å². The minimum Gasteiger partial charge on any atom is -0.480 e. The van der Waals surface area contributed by atoms with Crippen LogP contribution in [0.25, 0.3) is 0 Å². The fourth-order valence-electron chi connectivity index (χ4n) is 6.91. The van der Waals surface area contributed by atoms with Crippen LogP contribution in [-0.2, 0) is 14.3 Å². The summed E-state index contributed by atoms with van der Waals surface area (Å²) in [5.41, 5.74) is 2.69. The lowest BCUT2D eigenvalue weighted by molar-refractivity contribution is -0.211. The number of hydrogen-bond acceptors (Lipinski definition) is 7. The van der Waals surface area contributed by atoms with Crippen LogP contribution in [0.15, 0.2) is 0 Å². The molecule has 1 unspecified atom stereocenters. The molecule has 1 aliphatic heterocycles. The molecular formula is C21H33N3O5. The molecule has 4 bridgehead atoms. The maximum Gasteiger partial charge on any atom is 0.322 e. The molecule has 0 aromatic heterocycles. The highest BCUT2D eigenvalue weighted by Crippen LogP contribution is 2.64. The zero-order valence-electron chi connectivity index (χ0n) is 17.0. The summed E-state index contributed by atoms with van der Waals surface area (Å²) in [4.78, 5) is 12.4. The molecule has 0 spiro atoms. The number of aliphatic carboxylic acids is 1. The number of carboxylic acids is 1. The molecular weight excluding hydrogens is 374 g/mol. The zero-order chi connectivity index (χ0) is 20.5. The normalized spacial score (nSPS) is 39.5. The molecule has 4 saturated carbocycles. The Kier molecular flexibility index (Phi) is 6.14. The van der Waals surface area contributed by atoms with E-state index in [2.05, 4.69) is 11.5 Å². The Morgan fingerprint density at radius 2 is 2.00 bits per heavy atom. The van der Waals surface area contributed by atoms with Gasteiger partial charge in [0, 0.05) is 12.0 Å². The van der Waals surface area contributed by atoms with Crippen LogP contribution in [0, 0.1) is 28.6 Å². The molecule has 3 N–H and O–H groups in total. The van der Waals surface area contributed by atoms with Crippen LogP contribution >= 0.6 is 0 Å². The van der Waals surface area contributed by atoms with Crippen LogP contribution in [0.4, 0.5) is 0 Å². The predicted octanol–water partition coefficient (Wildman–Crippen LogP) is 1.30. The second-order valence-electron chi connectivity index (χ2n) is 9.57. The monoisotopic (exact) mass is 407 g/mol. The Balaban J connectivity index is 1.49. The number of nitrogens with one attached hydrogen (secondary N) is 1. The smallest absolute Gasteiger partial charge is 0.322 e. The Bertz CT molecular complexity index is 637. The first kappa shape index (κ1) is 21.0. The SMILES string of the molecule is N#CC1CCCN1N[C@H](C(=O)O)C12C[C@@H]3C[C@H](CC(OCCOCCO)(C3)C1)C2. The Hall–Kier alpha value is -1.24. The van der Waals surface area contributed by atoms with E-state index in [0.717, 1.165) is 51.5 Å². The number of ether oxygens (including phenoxy) is 2. The Morgan fingerprint density at radius 1 is 1.24 bits per heavy atom. The van der Waals surface area contributed by atoms with Crippen molar-refractivity contribution in [3.05, 3.63) is 0 Å². The molecule has 5 fully saturated rings. The second kappa shape index (κ2) is 8.48. The van der Waals surface area contributed by atoms with E-state index in [1.807, 2.05) is 5.01 Å². The van der Waals surface area contributed by atoms with Gasteiger partial charge in [0.2, 0.25) is 0 Å². The maximum atomic E-state index is 12.4. The summed E-state index contributed by atoms with van der Waals surface area (Å²) in [5, 5.41) is 30.2. The second-order valence-corrected chi connectivity index (χ2v) is 9.57. The van der Waals surface area contributed by atoms with E-state index in [0.29, 0.717) is 31.7 Å². The van der Waals surface area contributed by atoms with Gasteiger partial charge >= 0.3 is 5.97 Å². The molecule has 0 radical (unpaired) electrons. The number of hydrogen-bond donors (Lipinski definition) is 3. The first-order valence-corrected chi connectivity index (χ1v) is 11.0. The molecule has 1 saturated heterocycles. The van der Waals surface area contributed by atoms with Crippen molar-refractivity contribution in [3.63, 3.8) is 0 Å². The summed E-state index contributed by atoms with van der Waals surface area (Å²) in [6.45, 7) is 1.96. The zero-order valence-corrected chi connectivity index (χ0v) is 17.0. The molecule has 162 valence electrons. The minimum atomic E-state index is -0.822. The largest absolute Gasteiger partial charge is 0.480 e. The Morgan fingerprint density at radius 3 is 2.66 bits per heavy atom. The first-order valence-electron chi connectivity index (χ1n) is 11.0. The van der Waals surface area contributed by atoms with Crippen LogP contribution in [0.5, 0.6) is 0 Å². The van der Waals surface area contributed by atoms with Gasteiger partial charge in [0.25, 0.3) is 0 Å². The van der Waals surface area contributed by atoms with E-state index >= 15 is 0 Å². The van der Waals surface area contributed by atoms with Gasteiger partial charge < -0.3 is 19.7 Å². The lowest BCUT2D eigenvalue weighted by Crippen LogP contribution is -2.66. The van der Waals surface area contributed by atoms with Crippen molar-refractivity contribution in [3.8, 4) is 6.07 Å². The van der Waals surface area contributed by atoms with Gasteiger partial charge in [0.1, 0.15) is 12.1 Å². The van der Waals surface area contributed by atoms with Gasteiger partial charge in [-0.3, -0.25) is 4.79 Å². The van der Waals surface area contributed by atoms with Crippen LogP contribution in [0.1, 0.15) is 51.4 Å². The molecule has 29 heavy (non-hydrogen) atoms. The van der Waals surface area contributed by atoms with E-state index < -0.39 is 12.0 Å². The fourth-order valence-corrected chi connectivity index (χ4v) is 6.91. The Labute approximate surface area is 172 Å². The molecule has 0 aromatic carbocycles. The fraction of sp³-hybridized carbons (Fsp3) is 0.905. The highest BCUT2D eigenvalue weighted by atomic mass is 16.5. The third-order valence-corrected chi connectivity index (χ3v) is 7.48. The molecule has 8 nitrogen and oxygen atoms in total. The van der Waals surface area contributed by atoms with E-state index in [-0.39, 0.29) is 23.7 Å². The van der Waals surface area contributed by atoms with E-state index in [1.165, 1.54) is 6.42 Å². The van der Waals surface area contributed by atoms with Gasteiger partial charge in [-0.1, -0.05) is 0 Å². The van der Waals surface area contributed by atoms with E-state index in [4.69, 9.17) is 14.6 Å². The van der Waals surface area contributed by atoms with Crippen molar-refractivity contribution in [2.45, 2.75) is 69.1 Å². The molecule has 1 heterocycles. The van der Waals surface area contributed by atoms with Crippen molar-refractivity contribution in [2.24, 2.45) is 17.3 Å². The van der Waals surface area contributed by atoms with Gasteiger partial charge in [0.15, 0.2) is 0 Å². The molecule has 5 aliphatic rings. The third kappa shape index (κ3) is 4.17. The van der Waals surface area contributed by atoms with Crippen molar-refractivity contribution in [2.75, 3.05) is 33.0 Å². The lowest BCUT2D eigenvalue weighted by atomic mass is 9.46. The number of aliphatic hydroxyl groups excluding tert-OH is 1. The average molecular weight is 408 g/mol. The quantitative estimate of drug-likeness (QED) is 0.464. The minimum absolute atomic E-state index is 0.00452. The highest BCUT2D eigenvalue weighted by molar-refractivity contribution is 5.75. The number of aliphatic hydroxyl groups is 1. The number of carboxylic acid groups (broad SMARTS) is 1. The molecule has 0 amide bonds. The van der Waals surface area contributed by atoms with Gasteiger partial charge in [-0.2, -0.15) is 5.26 Å². The summed E-state index contributed by atoms with van der Waals surface area (Å²) >= 11 is 0. The molecule has 4 aliphatic carbocycles. The van der Waals surface area contributed by atoms with Gasteiger partial charge in [-0.15, -0.1) is 0 Å². The molecule has 4 atom stereocenters. The lowest BCUT2D eigenvalue weighted by Gasteiger charge is -2.63. The van der Waals surface area contributed by atoms with Crippen LogP contribution in [-0.4, -0.2) is 71.8 Å². The summed E-state index contributed by atoms with van der Waals surface area (Å²) in [6.07, 6.45) is 7.47. The number of nitriles is 1. The van der Waals surface area contributed by atoms with E-state index in [9.17, 15) is 15.2 Å². The highest BCUT2D eigenvalue weighted by Gasteiger charge is 2.62. The number of hydrazine groups is 1. The topological polar surface area (TPSA) is 115 Å². The van der Waals surface area contributed by atoms with E-state index in [1.54, 1.807) is 0 Å². The predicted molar refractivity (Wildman–Crippen MR) is 104 cm³/mol. The number of rotatable bonds is 10. The number of nitrogens with zero attached hydrogens (tertiary/aromatic N) is 2. The third-order valence-electron chi connectivity index (χ3n) is 7.48. The first-order chi connectivity index (χ1) is 14.0. The van der Waals surface area contributed by atoms with Crippen molar-refractivity contribution in [1.82, 2.24) is 10.4 Å². The van der Waals surface area contributed by atoms with Crippen molar-refractivity contribution >= 4 is 5.97 Å². The molecule has 8 heteroatoms. The standard InChI is InChI=1S/C21H33N3O5/c22-13-17-2-1-3-24(17)23-18(19(26)27)20-9-15-8-16(10-20)12-21(11-15,14-20)29-7-6-28-5-4-25/h15-18,23,25H,1-12,14H2,(H,26,27)/t15-,16-,17?,18+,20?,21?/m0/s1. The number of carbonyl (C=O) groups is 1. The average Bonchev–Trinajstić information content (AvgIpc) is 3.12. The van der Waals surface area contributed by atoms with Gasteiger partial charge in [0.05, 0.1) is 38.1 Å². The van der Waals surface area contributed by atoms with Crippen LogP contribution in [0.3, 0.4) is 0 Å². The van der Waals surface area contributed by atoms with Crippen molar-refractivity contribution < 1.29 is 24.5 Å². The summed E-state index contributed by atoms with van der Waals surface area (Å²) < 4.78 is 11.7. The van der Waals surface area contributed by atoms with Crippen LogP contribution < -0.4 is 5.43 Å². The van der Waals surface area contributed by atoms with Gasteiger partial charge in [-0.25, -0.2) is 10.4 Å².